The third kappa shape index (κ3) is 3.84. The number of halogens is 4. The van der Waals surface area contributed by atoms with Crippen molar-refractivity contribution in [2.45, 2.75) is 6.18 Å². The van der Waals surface area contributed by atoms with Gasteiger partial charge < -0.3 is 5.32 Å². The number of nitrogens with one attached hydrogen (secondary N) is 1. The molecule has 2 rings (SSSR count). The molecule has 1 N–H and O–H groups in total. The lowest BCUT2D eigenvalue weighted by atomic mass is 10.1. The van der Waals surface area contributed by atoms with E-state index in [0.29, 0.717) is 0 Å². The fourth-order valence-electron chi connectivity index (χ4n) is 1.84. The lowest BCUT2D eigenvalue weighted by Crippen LogP contribution is -2.10. The summed E-state index contributed by atoms with van der Waals surface area (Å²) in [6, 6.07) is 12.1. The predicted molar refractivity (Wildman–Crippen MR) is 75.4 cm³/mol. The summed E-state index contributed by atoms with van der Waals surface area (Å²) in [5.41, 5.74) is 0.537. The molecule has 0 aliphatic rings. The van der Waals surface area contributed by atoms with E-state index in [2.05, 4.69) is 11.9 Å². The minimum absolute atomic E-state index is 0.195. The Labute approximate surface area is 119 Å². The number of rotatable bonds is 4. The molecule has 2 aromatic rings. The summed E-state index contributed by atoms with van der Waals surface area (Å²) in [7, 11) is 0. The van der Waals surface area contributed by atoms with Crippen LogP contribution in [0.2, 0.25) is 0 Å². The van der Waals surface area contributed by atoms with Crippen LogP contribution < -0.4 is 5.32 Å². The zero-order valence-corrected chi connectivity index (χ0v) is 11.0. The van der Waals surface area contributed by atoms with Crippen molar-refractivity contribution in [2.75, 3.05) is 11.9 Å². The molecule has 2 aromatic carbocycles. The van der Waals surface area contributed by atoms with Crippen LogP contribution in [0.5, 0.6) is 0 Å². The Bertz CT molecular complexity index is 632. The molecule has 0 aliphatic heterocycles. The molecule has 0 saturated carbocycles. The Hall–Kier alpha value is -2.30. The Morgan fingerprint density at radius 2 is 1.71 bits per heavy atom. The van der Waals surface area contributed by atoms with Crippen LogP contribution in [0.4, 0.5) is 23.2 Å². The highest BCUT2D eigenvalue weighted by atomic mass is 19.4. The standard InChI is InChI=1S/C16H13F4N/c1-11(12-5-3-2-4-6-12)10-21-13-7-8-15(17)14(9-13)16(18,19)20/h2-9,21H,1,10H2. The van der Waals surface area contributed by atoms with Gasteiger partial charge >= 0.3 is 6.18 Å². The van der Waals surface area contributed by atoms with Crippen molar-refractivity contribution in [3.63, 3.8) is 0 Å². The molecule has 0 aliphatic carbocycles. The number of hydrogen-bond acceptors (Lipinski definition) is 1. The molecule has 1 nitrogen and oxygen atoms in total. The highest BCUT2D eigenvalue weighted by Crippen LogP contribution is 2.33. The lowest BCUT2D eigenvalue weighted by molar-refractivity contribution is -0.139. The van der Waals surface area contributed by atoms with Gasteiger partial charge in [0.1, 0.15) is 5.82 Å². The largest absolute Gasteiger partial charge is 0.419 e. The number of anilines is 1. The minimum atomic E-state index is -4.71. The molecule has 0 radical (unpaired) electrons. The quantitative estimate of drug-likeness (QED) is 0.785. The normalized spacial score (nSPS) is 11.2. The molecule has 0 bridgehead atoms. The summed E-state index contributed by atoms with van der Waals surface area (Å²) in [5.74, 6) is -1.28. The molecule has 0 atom stereocenters. The third-order valence-corrected chi connectivity index (χ3v) is 2.96. The van der Waals surface area contributed by atoms with E-state index >= 15 is 0 Å². The van der Waals surface area contributed by atoms with Gasteiger partial charge in [-0.1, -0.05) is 36.9 Å². The maximum Gasteiger partial charge on any atom is 0.419 e. The van der Waals surface area contributed by atoms with Crippen LogP contribution in [-0.4, -0.2) is 6.54 Å². The molecule has 0 fully saturated rings. The topological polar surface area (TPSA) is 12.0 Å². The van der Waals surface area contributed by atoms with Gasteiger partial charge in [0.05, 0.1) is 5.56 Å². The van der Waals surface area contributed by atoms with E-state index in [9.17, 15) is 17.6 Å². The first kappa shape index (κ1) is 15.1. The van der Waals surface area contributed by atoms with Gasteiger partial charge in [0, 0.05) is 12.2 Å². The Morgan fingerprint density at radius 1 is 1.05 bits per heavy atom. The van der Waals surface area contributed by atoms with Gasteiger partial charge in [-0.3, -0.25) is 0 Å². The van der Waals surface area contributed by atoms with Crippen molar-refractivity contribution in [3.05, 3.63) is 72.1 Å². The molecule has 5 heteroatoms. The summed E-state index contributed by atoms with van der Waals surface area (Å²) < 4.78 is 51.0. The van der Waals surface area contributed by atoms with Gasteiger partial charge in [0.25, 0.3) is 0 Å². The van der Waals surface area contributed by atoms with Crippen molar-refractivity contribution in [1.29, 1.82) is 0 Å². The summed E-state index contributed by atoms with van der Waals surface area (Å²) >= 11 is 0. The number of benzene rings is 2. The summed E-state index contributed by atoms with van der Waals surface area (Å²) in [6.07, 6.45) is -4.71. The van der Waals surface area contributed by atoms with Crippen LogP contribution in [0, 0.1) is 5.82 Å². The maximum atomic E-state index is 13.2. The molecule has 0 heterocycles. The summed E-state index contributed by atoms with van der Waals surface area (Å²) in [5, 5.41) is 2.82. The van der Waals surface area contributed by atoms with E-state index in [-0.39, 0.29) is 12.2 Å². The molecule has 110 valence electrons. The van der Waals surface area contributed by atoms with Crippen LogP contribution in [0.1, 0.15) is 11.1 Å². The number of alkyl halides is 3. The molecule has 0 amide bonds. The molecular formula is C16H13F4N. The second-order valence-corrected chi connectivity index (χ2v) is 4.52. The van der Waals surface area contributed by atoms with E-state index < -0.39 is 17.6 Å². The zero-order valence-electron chi connectivity index (χ0n) is 11.0. The van der Waals surface area contributed by atoms with Crippen molar-refractivity contribution < 1.29 is 17.6 Å². The SMILES string of the molecule is C=C(CNc1ccc(F)c(C(F)(F)F)c1)c1ccccc1. The summed E-state index contributed by atoms with van der Waals surface area (Å²) in [4.78, 5) is 0. The molecule has 0 spiro atoms. The third-order valence-electron chi connectivity index (χ3n) is 2.96. The smallest absolute Gasteiger partial charge is 0.381 e. The molecule has 0 aromatic heterocycles. The average molecular weight is 295 g/mol. The fraction of sp³-hybridized carbons (Fsp3) is 0.125. The van der Waals surface area contributed by atoms with Gasteiger partial charge in [-0.05, 0) is 29.3 Å². The second kappa shape index (κ2) is 5.99. The van der Waals surface area contributed by atoms with E-state index in [1.54, 1.807) is 0 Å². The van der Waals surface area contributed by atoms with Gasteiger partial charge in [-0.2, -0.15) is 13.2 Å². The Balaban J connectivity index is 2.09. The maximum absolute atomic E-state index is 13.2. The fourth-order valence-corrected chi connectivity index (χ4v) is 1.84. The average Bonchev–Trinajstić information content (AvgIpc) is 2.45. The van der Waals surface area contributed by atoms with E-state index in [1.165, 1.54) is 6.07 Å². The first-order valence-electron chi connectivity index (χ1n) is 6.22. The molecule has 0 unspecified atom stereocenters. The molecule has 0 saturated heterocycles. The monoisotopic (exact) mass is 295 g/mol. The first-order valence-corrected chi connectivity index (χ1v) is 6.22. The van der Waals surface area contributed by atoms with Crippen LogP contribution in [-0.2, 0) is 6.18 Å². The highest BCUT2D eigenvalue weighted by molar-refractivity contribution is 5.67. The number of hydrogen-bond donors (Lipinski definition) is 1. The lowest BCUT2D eigenvalue weighted by Gasteiger charge is -2.13. The van der Waals surface area contributed by atoms with Gasteiger partial charge in [-0.25, -0.2) is 4.39 Å². The first-order chi connectivity index (χ1) is 9.88. The Morgan fingerprint density at radius 3 is 2.33 bits per heavy atom. The second-order valence-electron chi connectivity index (χ2n) is 4.52. The van der Waals surface area contributed by atoms with Crippen molar-refractivity contribution >= 4 is 11.3 Å². The van der Waals surface area contributed by atoms with Crippen LogP contribution in [0.25, 0.3) is 5.57 Å². The molecule has 21 heavy (non-hydrogen) atoms. The van der Waals surface area contributed by atoms with E-state index in [0.717, 1.165) is 23.3 Å². The minimum Gasteiger partial charge on any atom is -0.381 e. The van der Waals surface area contributed by atoms with Crippen LogP contribution in [0.15, 0.2) is 55.1 Å². The predicted octanol–water partition coefficient (Wildman–Crippen LogP) is 4.97. The van der Waals surface area contributed by atoms with Crippen LogP contribution >= 0.6 is 0 Å². The van der Waals surface area contributed by atoms with E-state index in [1.807, 2.05) is 30.3 Å². The van der Waals surface area contributed by atoms with Crippen LogP contribution in [0.3, 0.4) is 0 Å². The van der Waals surface area contributed by atoms with E-state index in [4.69, 9.17) is 0 Å². The zero-order chi connectivity index (χ0) is 15.5. The van der Waals surface area contributed by atoms with Gasteiger partial charge in [-0.15, -0.1) is 0 Å². The van der Waals surface area contributed by atoms with Crippen molar-refractivity contribution in [1.82, 2.24) is 0 Å². The van der Waals surface area contributed by atoms with Gasteiger partial charge in [0.2, 0.25) is 0 Å². The molecular weight excluding hydrogens is 282 g/mol. The highest BCUT2D eigenvalue weighted by Gasteiger charge is 2.34. The van der Waals surface area contributed by atoms with Gasteiger partial charge in [0.15, 0.2) is 0 Å². The van der Waals surface area contributed by atoms with Crippen molar-refractivity contribution in [2.24, 2.45) is 0 Å². The van der Waals surface area contributed by atoms with Crippen molar-refractivity contribution in [3.8, 4) is 0 Å². The Kier molecular flexibility index (Phi) is 4.31. The summed E-state index contributed by atoms with van der Waals surface area (Å²) in [6.45, 7) is 4.14.